The Kier molecular flexibility index (Phi) is 6.45. The SMILES string of the molecule is O=S(=O)(c1ccc(CBr)cc1)N1CCN(c2nc(-c3cc(F)cc(Cl)c3)cs2)CC1. The standard InChI is InChI=1S/C20H18BrClFN3O2S2/c21-12-14-1-3-18(4-2-14)30(27,28)26-7-5-25(6-8-26)20-24-19(13-29-20)15-9-16(22)11-17(23)10-15/h1-4,9-11,13H,5-8,12H2. The molecule has 1 fully saturated rings. The van der Waals surface area contributed by atoms with Gasteiger partial charge in [0.1, 0.15) is 5.82 Å². The topological polar surface area (TPSA) is 53.5 Å². The van der Waals surface area contributed by atoms with Crippen molar-refractivity contribution < 1.29 is 12.8 Å². The van der Waals surface area contributed by atoms with Crippen molar-refractivity contribution in [2.45, 2.75) is 10.2 Å². The number of anilines is 1. The van der Waals surface area contributed by atoms with E-state index in [0.717, 1.165) is 10.7 Å². The maximum Gasteiger partial charge on any atom is 0.243 e. The van der Waals surface area contributed by atoms with Gasteiger partial charge < -0.3 is 4.90 Å². The first kappa shape index (κ1) is 21.7. The average molecular weight is 531 g/mol. The molecule has 158 valence electrons. The molecule has 0 amide bonds. The van der Waals surface area contributed by atoms with Crippen molar-refractivity contribution in [2.75, 3.05) is 31.1 Å². The minimum Gasteiger partial charge on any atom is -0.345 e. The maximum atomic E-state index is 13.6. The van der Waals surface area contributed by atoms with Gasteiger partial charge in [0, 0.05) is 47.5 Å². The van der Waals surface area contributed by atoms with E-state index in [2.05, 4.69) is 25.8 Å². The average Bonchev–Trinajstić information content (AvgIpc) is 3.23. The van der Waals surface area contributed by atoms with Gasteiger partial charge in [0.05, 0.1) is 10.6 Å². The summed E-state index contributed by atoms with van der Waals surface area (Å²) in [5.74, 6) is -0.407. The predicted molar refractivity (Wildman–Crippen MR) is 123 cm³/mol. The number of nitrogens with zero attached hydrogens (tertiary/aromatic N) is 3. The molecule has 0 N–H and O–H groups in total. The lowest BCUT2D eigenvalue weighted by atomic mass is 10.2. The van der Waals surface area contributed by atoms with Gasteiger partial charge in [0.25, 0.3) is 0 Å². The summed E-state index contributed by atoms with van der Waals surface area (Å²) >= 11 is 10.8. The molecule has 0 saturated carbocycles. The summed E-state index contributed by atoms with van der Waals surface area (Å²) in [5, 5.41) is 3.64. The van der Waals surface area contributed by atoms with Gasteiger partial charge in [-0.05, 0) is 35.9 Å². The van der Waals surface area contributed by atoms with E-state index in [4.69, 9.17) is 11.6 Å². The van der Waals surface area contributed by atoms with Crippen LogP contribution in [0.25, 0.3) is 11.3 Å². The highest BCUT2D eigenvalue weighted by molar-refractivity contribution is 9.08. The van der Waals surface area contributed by atoms with E-state index in [1.165, 1.54) is 27.8 Å². The Labute approximate surface area is 192 Å². The van der Waals surface area contributed by atoms with Gasteiger partial charge in [-0.25, -0.2) is 17.8 Å². The lowest BCUT2D eigenvalue weighted by molar-refractivity contribution is 0.385. The van der Waals surface area contributed by atoms with E-state index in [-0.39, 0.29) is 0 Å². The lowest BCUT2D eigenvalue weighted by Gasteiger charge is -2.33. The van der Waals surface area contributed by atoms with Crippen molar-refractivity contribution in [1.29, 1.82) is 0 Å². The Morgan fingerprint density at radius 3 is 2.43 bits per heavy atom. The number of alkyl halides is 1. The van der Waals surface area contributed by atoms with Crippen molar-refractivity contribution in [3.8, 4) is 11.3 Å². The molecule has 1 saturated heterocycles. The van der Waals surface area contributed by atoms with E-state index < -0.39 is 15.8 Å². The van der Waals surface area contributed by atoms with E-state index >= 15 is 0 Å². The molecule has 3 aromatic rings. The molecule has 5 nitrogen and oxygen atoms in total. The largest absolute Gasteiger partial charge is 0.345 e. The van der Waals surface area contributed by atoms with Crippen LogP contribution in [0.5, 0.6) is 0 Å². The van der Waals surface area contributed by atoms with Gasteiger partial charge in [-0.3, -0.25) is 0 Å². The van der Waals surface area contributed by atoms with Crippen LogP contribution in [0, 0.1) is 5.82 Å². The third-order valence-electron chi connectivity index (χ3n) is 4.87. The van der Waals surface area contributed by atoms with E-state index in [1.807, 2.05) is 17.5 Å². The fraction of sp³-hybridized carbons (Fsp3) is 0.250. The van der Waals surface area contributed by atoms with Crippen molar-refractivity contribution in [3.05, 3.63) is 64.2 Å². The smallest absolute Gasteiger partial charge is 0.243 e. The molecular weight excluding hydrogens is 513 g/mol. The molecule has 0 atom stereocenters. The molecule has 0 radical (unpaired) electrons. The fourth-order valence-corrected chi connectivity index (χ4v) is 6.17. The van der Waals surface area contributed by atoms with E-state index in [9.17, 15) is 12.8 Å². The van der Waals surface area contributed by atoms with Crippen molar-refractivity contribution >= 4 is 54.0 Å². The van der Waals surface area contributed by atoms with Crippen LogP contribution in [0.4, 0.5) is 9.52 Å². The number of aromatic nitrogens is 1. The molecule has 0 bridgehead atoms. The minimum absolute atomic E-state index is 0.306. The lowest BCUT2D eigenvalue weighted by Crippen LogP contribution is -2.48. The van der Waals surface area contributed by atoms with Crippen LogP contribution in [0.2, 0.25) is 5.02 Å². The Hall–Kier alpha value is -1.52. The summed E-state index contributed by atoms with van der Waals surface area (Å²) in [6, 6.07) is 11.3. The number of halogens is 3. The van der Waals surface area contributed by atoms with Crippen LogP contribution in [0.1, 0.15) is 5.56 Å². The third-order valence-corrected chi connectivity index (χ3v) is 8.55. The van der Waals surface area contributed by atoms with Gasteiger partial charge in [0.2, 0.25) is 10.0 Å². The Bertz CT molecular complexity index is 1130. The molecular formula is C20H18BrClFN3O2S2. The van der Waals surface area contributed by atoms with Gasteiger partial charge in [-0.2, -0.15) is 4.31 Å². The van der Waals surface area contributed by atoms with Crippen LogP contribution < -0.4 is 4.90 Å². The first-order valence-corrected chi connectivity index (χ1v) is 13.0. The first-order valence-electron chi connectivity index (χ1n) is 9.19. The molecule has 0 aliphatic carbocycles. The number of hydrogen-bond acceptors (Lipinski definition) is 5. The Morgan fingerprint density at radius 2 is 1.80 bits per heavy atom. The summed E-state index contributed by atoms with van der Waals surface area (Å²) in [6.07, 6.45) is 0. The molecule has 0 spiro atoms. The summed E-state index contributed by atoms with van der Waals surface area (Å²) in [6.45, 7) is 1.83. The van der Waals surface area contributed by atoms with Gasteiger partial charge in [0.15, 0.2) is 5.13 Å². The first-order chi connectivity index (χ1) is 14.4. The molecule has 30 heavy (non-hydrogen) atoms. The minimum atomic E-state index is -3.52. The third kappa shape index (κ3) is 4.55. The molecule has 1 aliphatic heterocycles. The molecule has 10 heteroatoms. The number of thiazole rings is 1. The summed E-state index contributed by atoms with van der Waals surface area (Å²) in [4.78, 5) is 6.95. The normalized spacial score (nSPS) is 15.5. The van der Waals surface area contributed by atoms with Crippen molar-refractivity contribution in [1.82, 2.24) is 9.29 Å². The molecule has 1 aromatic heterocycles. The monoisotopic (exact) mass is 529 g/mol. The number of hydrogen-bond donors (Lipinski definition) is 0. The van der Waals surface area contributed by atoms with Crippen LogP contribution in [0.15, 0.2) is 52.7 Å². The molecule has 1 aliphatic rings. The second-order valence-corrected chi connectivity index (χ2v) is 10.6. The summed E-state index contributed by atoms with van der Waals surface area (Å²) in [7, 11) is -3.52. The van der Waals surface area contributed by atoms with Gasteiger partial charge >= 0.3 is 0 Å². The number of benzene rings is 2. The van der Waals surface area contributed by atoms with Crippen LogP contribution in [0.3, 0.4) is 0 Å². The highest BCUT2D eigenvalue weighted by Gasteiger charge is 2.29. The maximum absolute atomic E-state index is 13.6. The molecule has 0 unspecified atom stereocenters. The Morgan fingerprint density at radius 1 is 1.10 bits per heavy atom. The Balaban J connectivity index is 1.45. The summed E-state index contributed by atoms with van der Waals surface area (Å²) in [5.41, 5.74) is 2.30. The summed E-state index contributed by atoms with van der Waals surface area (Å²) < 4.78 is 41.0. The zero-order valence-corrected chi connectivity index (χ0v) is 19.7. The zero-order chi connectivity index (χ0) is 21.3. The highest BCUT2D eigenvalue weighted by Crippen LogP contribution is 2.30. The van der Waals surface area contributed by atoms with Crippen molar-refractivity contribution in [3.63, 3.8) is 0 Å². The van der Waals surface area contributed by atoms with E-state index in [0.29, 0.717) is 52.7 Å². The van der Waals surface area contributed by atoms with Crippen LogP contribution >= 0.6 is 38.9 Å². The second kappa shape index (κ2) is 8.92. The number of piperazine rings is 1. The molecule has 2 heterocycles. The van der Waals surface area contributed by atoms with E-state index in [1.54, 1.807) is 18.2 Å². The number of rotatable bonds is 5. The number of sulfonamides is 1. The predicted octanol–water partition coefficient (Wildman–Crippen LogP) is 5.01. The zero-order valence-electron chi connectivity index (χ0n) is 15.8. The fourth-order valence-electron chi connectivity index (χ4n) is 3.26. The highest BCUT2D eigenvalue weighted by atomic mass is 79.9. The molecule has 4 rings (SSSR count). The van der Waals surface area contributed by atoms with Gasteiger partial charge in [-0.1, -0.05) is 39.7 Å². The van der Waals surface area contributed by atoms with Crippen LogP contribution in [-0.2, 0) is 15.4 Å². The van der Waals surface area contributed by atoms with Gasteiger partial charge in [-0.15, -0.1) is 11.3 Å². The quantitative estimate of drug-likeness (QED) is 0.435. The van der Waals surface area contributed by atoms with Crippen molar-refractivity contribution in [2.24, 2.45) is 0 Å². The van der Waals surface area contributed by atoms with Crippen LogP contribution in [-0.4, -0.2) is 43.9 Å². The second-order valence-electron chi connectivity index (χ2n) is 6.84. The molecule has 2 aromatic carbocycles.